The predicted octanol–water partition coefficient (Wildman–Crippen LogP) is 1.09. The van der Waals surface area contributed by atoms with Crippen molar-refractivity contribution in [3.8, 4) is 11.5 Å². The summed E-state index contributed by atoms with van der Waals surface area (Å²) in [6.45, 7) is 2.72. The van der Waals surface area contributed by atoms with Crippen LogP contribution in [0.25, 0.3) is 0 Å². The third kappa shape index (κ3) is 1.48. The van der Waals surface area contributed by atoms with E-state index < -0.39 is 17.8 Å². The number of aliphatic hydroxyl groups excluding tert-OH is 1. The Labute approximate surface area is 142 Å². The molecule has 0 amide bonds. The van der Waals surface area contributed by atoms with Crippen LogP contribution in [0.4, 0.5) is 0 Å². The van der Waals surface area contributed by atoms with Gasteiger partial charge in [-0.05, 0) is 57.3 Å². The molecule has 1 saturated heterocycles. The Morgan fingerprint density at radius 3 is 2.92 bits per heavy atom. The number of ether oxygens (including phenoxy) is 2. The summed E-state index contributed by atoms with van der Waals surface area (Å²) in [7, 11) is 3.84. The van der Waals surface area contributed by atoms with Gasteiger partial charge in [-0.3, -0.25) is 0 Å². The third-order valence-corrected chi connectivity index (χ3v) is 7.28. The van der Waals surface area contributed by atoms with Crippen molar-refractivity contribution >= 4 is 0 Å². The Balaban J connectivity index is 1.81. The molecule has 1 aromatic rings. The second kappa shape index (κ2) is 4.45. The van der Waals surface area contributed by atoms with Crippen LogP contribution in [0.1, 0.15) is 30.9 Å². The summed E-state index contributed by atoms with van der Waals surface area (Å²) >= 11 is 0. The van der Waals surface area contributed by atoms with Crippen LogP contribution < -0.4 is 9.47 Å². The summed E-state index contributed by atoms with van der Waals surface area (Å²) in [4.78, 5) is 2.42. The fraction of sp³-hybridized carbons (Fsp3) is 0.684. The first kappa shape index (κ1) is 15.0. The van der Waals surface area contributed by atoms with Crippen LogP contribution in [0, 0.1) is 5.92 Å². The number of nitrogens with zero attached hydrogens (tertiary/aromatic N) is 1. The van der Waals surface area contributed by atoms with Crippen molar-refractivity contribution in [3.05, 3.63) is 23.3 Å². The van der Waals surface area contributed by atoms with Crippen molar-refractivity contribution in [2.45, 2.75) is 55.5 Å². The number of hydrogen-bond acceptors (Lipinski definition) is 5. The lowest BCUT2D eigenvalue weighted by molar-refractivity contribution is -0.202. The molecule has 1 saturated carbocycles. The highest BCUT2D eigenvalue weighted by Crippen LogP contribution is 2.65. The standard InChI is InChI=1S/C19H25NO4/c1-18(22)14(21)9-11-12-8-10-4-5-13(23-3)16-15(10)19(11,17(18)24-16)6-7-20(12)2/h4-5,11-12,14,17,21-22H,6-9H2,1-3H3/t11-,12+,14-,17-,18-,19-/m1/s1. The maximum Gasteiger partial charge on any atom is 0.165 e. The Hall–Kier alpha value is -1.30. The SMILES string of the molecule is COc1ccc2c3c1O[C@@H]1[C@](C)(O)[C@H](O)C[C@@H]4[C@H](C2)N(C)CC[C@]341. The summed E-state index contributed by atoms with van der Waals surface area (Å²) in [5.41, 5.74) is 1.09. The van der Waals surface area contributed by atoms with Gasteiger partial charge in [0.15, 0.2) is 11.5 Å². The van der Waals surface area contributed by atoms with Gasteiger partial charge in [0.2, 0.25) is 0 Å². The number of benzene rings is 1. The van der Waals surface area contributed by atoms with Crippen molar-refractivity contribution in [2.75, 3.05) is 20.7 Å². The fourth-order valence-electron chi connectivity index (χ4n) is 6.10. The molecule has 2 N–H and O–H groups in total. The molecule has 2 aliphatic heterocycles. The van der Waals surface area contributed by atoms with E-state index in [-0.39, 0.29) is 5.41 Å². The largest absolute Gasteiger partial charge is 0.493 e. The van der Waals surface area contributed by atoms with E-state index >= 15 is 0 Å². The Morgan fingerprint density at radius 1 is 1.38 bits per heavy atom. The van der Waals surface area contributed by atoms with E-state index in [1.165, 1.54) is 11.1 Å². The summed E-state index contributed by atoms with van der Waals surface area (Å²) in [5, 5.41) is 21.8. The molecule has 0 aromatic heterocycles. The molecule has 2 bridgehead atoms. The maximum atomic E-state index is 11.1. The van der Waals surface area contributed by atoms with E-state index in [0.29, 0.717) is 18.4 Å². The molecule has 130 valence electrons. The number of piperidine rings is 1. The first-order chi connectivity index (χ1) is 11.4. The van der Waals surface area contributed by atoms with Crippen molar-refractivity contribution in [1.29, 1.82) is 0 Å². The fourth-order valence-corrected chi connectivity index (χ4v) is 6.10. The number of hydrogen-bond donors (Lipinski definition) is 2. The summed E-state index contributed by atoms with van der Waals surface area (Å²) in [6.07, 6.45) is 1.36. The van der Waals surface area contributed by atoms with Gasteiger partial charge in [0.25, 0.3) is 0 Å². The molecule has 0 unspecified atom stereocenters. The molecule has 6 atom stereocenters. The van der Waals surface area contributed by atoms with Gasteiger partial charge in [0.05, 0.1) is 13.2 Å². The van der Waals surface area contributed by atoms with Crippen molar-refractivity contribution < 1.29 is 19.7 Å². The lowest BCUT2D eigenvalue weighted by Gasteiger charge is -2.61. The number of likely N-dealkylation sites (tertiary alicyclic amines) is 1. The molecular weight excluding hydrogens is 306 g/mol. The van der Waals surface area contributed by atoms with Gasteiger partial charge in [-0.15, -0.1) is 0 Å². The molecule has 1 aromatic carbocycles. The molecule has 4 aliphatic rings. The van der Waals surface area contributed by atoms with Crippen molar-refractivity contribution in [3.63, 3.8) is 0 Å². The van der Waals surface area contributed by atoms with E-state index in [2.05, 4.69) is 18.0 Å². The molecule has 2 heterocycles. The first-order valence-corrected chi connectivity index (χ1v) is 8.89. The second-order valence-corrected chi connectivity index (χ2v) is 8.26. The van der Waals surface area contributed by atoms with Crippen LogP contribution in [-0.2, 0) is 11.8 Å². The quantitative estimate of drug-likeness (QED) is 0.806. The number of rotatable bonds is 1. The number of likely N-dealkylation sites (N-methyl/N-ethyl adjacent to an activating group) is 1. The molecule has 5 heteroatoms. The van der Waals surface area contributed by atoms with E-state index in [1.54, 1.807) is 14.0 Å². The molecular formula is C19H25NO4. The molecule has 24 heavy (non-hydrogen) atoms. The van der Waals surface area contributed by atoms with Crippen LogP contribution >= 0.6 is 0 Å². The molecule has 2 fully saturated rings. The lowest BCUT2D eigenvalue weighted by Crippen LogP contribution is -2.72. The minimum absolute atomic E-state index is 0.211. The summed E-state index contributed by atoms with van der Waals surface area (Å²) in [5.74, 6) is 1.83. The van der Waals surface area contributed by atoms with Crippen LogP contribution in [-0.4, -0.2) is 59.7 Å². The Morgan fingerprint density at radius 2 is 2.17 bits per heavy atom. The zero-order chi connectivity index (χ0) is 16.9. The smallest absolute Gasteiger partial charge is 0.165 e. The zero-order valence-electron chi connectivity index (χ0n) is 14.5. The van der Waals surface area contributed by atoms with Gasteiger partial charge in [-0.1, -0.05) is 6.07 Å². The van der Waals surface area contributed by atoms with Crippen molar-refractivity contribution in [1.82, 2.24) is 4.90 Å². The lowest BCUT2D eigenvalue weighted by atomic mass is 9.49. The van der Waals surface area contributed by atoms with Gasteiger partial charge in [0, 0.05) is 17.0 Å². The Bertz CT molecular complexity index is 718. The van der Waals surface area contributed by atoms with E-state index in [1.807, 2.05) is 6.07 Å². The van der Waals surface area contributed by atoms with Gasteiger partial charge in [-0.25, -0.2) is 0 Å². The first-order valence-electron chi connectivity index (χ1n) is 8.89. The minimum Gasteiger partial charge on any atom is -0.493 e. The number of aliphatic hydroxyl groups is 2. The van der Waals surface area contributed by atoms with Crippen LogP contribution in [0.5, 0.6) is 11.5 Å². The highest BCUT2D eigenvalue weighted by molar-refractivity contribution is 5.61. The topological polar surface area (TPSA) is 62.2 Å². The Kier molecular flexibility index (Phi) is 2.78. The zero-order valence-corrected chi connectivity index (χ0v) is 14.5. The minimum atomic E-state index is -1.25. The van der Waals surface area contributed by atoms with Gasteiger partial charge >= 0.3 is 0 Å². The summed E-state index contributed by atoms with van der Waals surface area (Å²) < 4.78 is 11.9. The van der Waals surface area contributed by atoms with Crippen molar-refractivity contribution in [2.24, 2.45) is 5.92 Å². The second-order valence-electron chi connectivity index (χ2n) is 8.26. The monoisotopic (exact) mass is 331 g/mol. The van der Waals surface area contributed by atoms with E-state index in [4.69, 9.17) is 9.47 Å². The highest BCUT2D eigenvalue weighted by atomic mass is 16.5. The molecule has 5 rings (SSSR count). The van der Waals surface area contributed by atoms with Gasteiger partial charge in [-0.2, -0.15) is 0 Å². The van der Waals surface area contributed by atoms with E-state index in [0.717, 1.165) is 30.9 Å². The third-order valence-electron chi connectivity index (χ3n) is 7.28. The predicted molar refractivity (Wildman–Crippen MR) is 88.6 cm³/mol. The molecule has 2 aliphatic carbocycles. The molecule has 5 nitrogen and oxygen atoms in total. The van der Waals surface area contributed by atoms with Gasteiger partial charge < -0.3 is 24.6 Å². The highest BCUT2D eigenvalue weighted by Gasteiger charge is 2.70. The number of methoxy groups -OCH3 is 1. The summed E-state index contributed by atoms with van der Waals surface area (Å²) in [6, 6.07) is 4.53. The molecule has 0 radical (unpaired) electrons. The maximum absolute atomic E-state index is 11.1. The normalized spacial score (nSPS) is 45.5. The average Bonchev–Trinajstić information content (AvgIpc) is 2.90. The van der Waals surface area contributed by atoms with Crippen LogP contribution in [0.3, 0.4) is 0 Å². The van der Waals surface area contributed by atoms with Crippen LogP contribution in [0.15, 0.2) is 12.1 Å². The van der Waals surface area contributed by atoms with Gasteiger partial charge in [0.1, 0.15) is 11.7 Å². The molecule has 1 spiro atoms. The average molecular weight is 331 g/mol. The van der Waals surface area contributed by atoms with Crippen LogP contribution in [0.2, 0.25) is 0 Å². The van der Waals surface area contributed by atoms with E-state index in [9.17, 15) is 10.2 Å².